The Morgan fingerprint density at radius 3 is 2.20 bits per heavy atom. The fraction of sp³-hybridized carbons (Fsp3) is 0.457. The number of H-pyrrole nitrogens is 2. The van der Waals surface area contributed by atoms with E-state index in [1.165, 1.54) is 5.56 Å². The van der Waals surface area contributed by atoms with Gasteiger partial charge in [-0.25, -0.2) is 4.79 Å². The molecule has 0 saturated heterocycles. The minimum Gasteiger partial charge on any atom is -0.489 e. The fourth-order valence-electron chi connectivity index (χ4n) is 5.61. The summed E-state index contributed by atoms with van der Waals surface area (Å²) in [5.41, 5.74) is 4.34. The fourth-order valence-corrected chi connectivity index (χ4v) is 5.61. The minimum absolute atomic E-state index is 0.00873. The van der Waals surface area contributed by atoms with Crippen LogP contribution in [-0.2, 0) is 0 Å². The van der Waals surface area contributed by atoms with Crippen molar-refractivity contribution in [3.05, 3.63) is 81.8 Å². The average Bonchev–Trinajstić information content (AvgIpc) is 3.90. The lowest BCUT2D eigenvalue weighted by atomic mass is 9.95. The molecule has 234 valence electrons. The van der Waals surface area contributed by atoms with E-state index in [-0.39, 0.29) is 41.7 Å². The van der Waals surface area contributed by atoms with Gasteiger partial charge in [-0.2, -0.15) is 8.78 Å². The lowest BCUT2D eigenvalue weighted by molar-refractivity contribution is -0.0515. The van der Waals surface area contributed by atoms with Crippen LogP contribution in [0.15, 0.2) is 59.4 Å². The van der Waals surface area contributed by atoms with Crippen molar-refractivity contribution in [2.45, 2.75) is 90.0 Å². The Balaban J connectivity index is 1.11. The predicted octanol–water partition coefficient (Wildman–Crippen LogP) is 8.27. The number of fused-ring (bicyclic) bond motifs is 1. The Kier molecular flexibility index (Phi) is 8.56. The smallest absolute Gasteiger partial charge is 0.387 e. The molecule has 6 rings (SSSR count). The highest BCUT2D eigenvalue weighted by molar-refractivity contribution is 5.75. The maximum atomic E-state index is 13.2. The lowest BCUT2D eigenvalue weighted by Crippen LogP contribution is -2.10. The number of halogens is 2. The Bertz CT molecular complexity index is 1660. The van der Waals surface area contributed by atoms with Gasteiger partial charge in [0.25, 0.3) is 0 Å². The molecule has 1 aromatic heterocycles. The Labute approximate surface area is 255 Å². The molecule has 3 aromatic carbocycles. The third-order valence-electron chi connectivity index (χ3n) is 8.60. The largest absolute Gasteiger partial charge is 0.489 e. The van der Waals surface area contributed by atoms with E-state index >= 15 is 0 Å². The Morgan fingerprint density at radius 1 is 0.773 bits per heavy atom. The molecule has 0 bridgehead atoms. The van der Waals surface area contributed by atoms with E-state index in [0.717, 1.165) is 53.8 Å². The third-order valence-corrected chi connectivity index (χ3v) is 8.60. The SMILES string of the molecule is CC(C)c1ccc(OC2CC2)c(OC2CC2CC(C)c2ccc(OC(F)F)c(OCC(C)c3ccc4[nH]c(=O)[nH]c4c3)c2)c1. The summed E-state index contributed by atoms with van der Waals surface area (Å²) < 4.78 is 49.9. The first-order valence-electron chi connectivity index (χ1n) is 15.5. The van der Waals surface area contributed by atoms with Crippen LogP contribution in [0.5, 0.6) is 23.0 Å². The Morgan fingerprint density at radius 2 is 1.45 bits per heavy atom. The summed E-state index contributed by atoms with van der Waals surface area (Å²) >= 11 is 0. The van der Waals surface area contributed by atoms with Gasteiger partial charge in [0, 0.05) is 5.92 Å². The lowest BCUT2D eigenvalue weighted by Gasteiger charge is -2.19. The first-order valence-corrected chi connectivity index (χ1v) is 15.5. The maximum Gasteiger partial charge on any atom is 0.387 e. The van der Waals surface area contributed by atoms with Gasteiger partial charge in [0.15, 0.2) is 23.0 Å². The molecule has 4 aromatic rings. The third kappa shape index (κ3) is 7.20. The van der Waals surface area contributed by atoms with Crippen molar-refractivity contribution >= 4 is 11.0 Å². The highest BCUT2D eigenvalue weighted by atomic mass is 19.3. The summed E-state index contributed by atoms with van der Waals surface area (Å²) in [6, 6.07) is 17.1. The number of hydrogen-bond donors (Lipinski definition) is 2. The molecule has 2 aliphatic carbocycles. The van der Waals surface area contributed by atoms with Crippen molar-refractivity contribution < 1.29 is 27.7 Å². The van der Waals surface area contributed by atoms with Crippen LogP contribution in [0.2, 0.25) is 0 Å². The van der Waals surface area contributed by atoms with Crippen molar-refractivity contribution in [2.24, 2.45) is 5.92 Å². The normalized spacial score (nSPS) is 19.3. The van der Waals surface area contributed by atoms with Crippen LogP contribution in [0.4, 0.5) is 8.78 Å². The molecule has 0 aliphatic heterocycles. The molecule has 2 fully saturated rings. The minimum atomic E-state index is -2.96. The molecule has 4 atom stereocenters. The second-order valence-electron chi connectivity index (χ2n) is 12.6. The van der Waals surface area contributed by atoms with Crippen molar-refractivity contribution in [3.63, 3.8) is 0 Å². The molecule has 9 heteroatoms. The van der Waals surface area contributed by atoms with E-state index in [9.17, 15) is 13.6 Å². The first kappa shape index (κ1) is 30.0. The first-order chi connectivity index (χ1) is 21.1. The average molecular weight is 607 g/mol. The van der Waals surface area contributed by atoms with Crippen molar-refractivity contribution in [2.75, 3.05) is 6.61 Å². The van der Waals surface area contributed by atoms with E-state index in [4.69, 9.17) is 18.9 Å². The van der Waals surface area contributed by atoms with E-state index in [1.54, 1.807) is 6.07 Å². The van der Waals surface area contributed by atoms with Gasteiger partial charge < -0.3 is 28.9 Å². The van der Waals surface area contributed by atoms with Gasteiger partial charge in [-0.15, -0.1) is 0 Å². The van der Waals surface area contributed by atoms with Gasteiger partial charge in [-0.3, -0.25) is 0 Å². The van der Waals surface area contributed by atoms with Gasteiger partial charge in [0.2, 0.25) is 0 Å². The number of hydrogen-bond acceptors (Lipinski definition) is 5. The van der Waals surface area contributed by atoms with Crippen LogP contribution in [-0.4, -0.2) is 35.4 Å². The van der Waals surface area contributed by atoms with Crippen LogP contribution in [0.3, 0.4) is 0 Å². The number of aromatic amines is 2. The number of aromatic nitrogens is 2. The zero-order valence-corrected chi connectivity index (χ0v) is 25.6. The maximum absolute atomic E-state index is 13.2. The molecule has 1 heterocycles. The summed E-state index contributed by atoms with van der Waals surface area (Å²) in [5.74, 6) is 2.82. The molecule has 4 unspecified atom stereocenters. The van der Waals surface area contributed by atoms with Crippen molar-refractivity contribution in [1.82, 2.24) is 9.97 Å². The molecule has 0 spiro atoms. The number of benzene rings is 3. The summed E-state index contributed by atoms with van der Waals surface area (Å²) in [4.78, 5) is 17.1. The quantitative estimate of drug-likeness (QED) is 0.151. The summed E-state index contributed by atoms with van der Waals surface area (Å²) in [7, 11) is 0. The topological polar surface area (TPSA) is 85.6 Å². The molecule has 0 radical (unpaired) electrons. The van der Waals surface area contributed by atoms with Crippen LogP contribution < -0.4 is 24.6 Å². The molecule has 7 nitrogen and oxygen atoms in total. The summed E-state index contributed by atoms with van der Waals surface area (Å²) in [5, 5.41) is 0. The number of ether oxygens (including phenoxy) is 4. The van der Waals surface area contributed by atoms with Crippen LogP contribution >= 0.6 is 0 Å². The van der Waals surface area contributed by atoms with Crippen molar-refractivity contribution in [3.8, 4) is 23.0 Å². The molecule has 2 aliphatic rings. The molecule has 0 amide bonds. The van der Waals surface area contributed by atoms with E-state index in [2.05, 4.69) is 42.9 Å². The van der Waals surface area contributed by atoms with Gasteiger partial charge in [-0.05, 0) is 96.5 Å². The van der Waals surface area contributed by atoms with Crippen molar-refractivity contribution in [1.29, 1.82) is 0 Å². The number of nitrogens with one attached hydrogen (secondary N) is 2. The molecule has 2 saturated carbocycles. The molecule has 44 heavy (non-hydrogen) atoms. The number of imidazole rings is 1. The highest BCUT2D eigenvalue weighted by Crippen LogP contribution is 2.45. The zero-order valence-electron chi connectivity index (χ0n) is 25.6. The number of rotatable bonds is 14. The Hall–Kier alpha value is -4.01. The van der Waals surface area contributed by atoms with Gasteiger partial charge in [-0.1, -0.05) is 45.9 Å². The summed E-state index contributed by atoms with van der Waals surface area (Å²) in [6.45, 7) is 5.75. The van der Waals surface area contributed by atoms with Gasteiger partial charge in [0.05, 0.1) is 23.7 Å². The summed E-state index contributed by atoms with van der Waals surface area (Å²) in [6.07, 6.45) is 4.45. The monoisotopic (exact) mass is 606 g/mol. The van der Waals surface area contributed by atoms with Gasteiger partial charge >= 0.3 is 12.3 Å². The van der Waals surface area contributed by atoms with Crippen LogP contribution in [0.25, 0.3) is 11.0 Å². The predicted molar refractivity (Wildman–Crippen MR) is 166 cm³/mol. The number of alkyl halides is 2. The standard InChI is InChI=1S/C35H40F2N2O5/c1-19(2)22-6-11-30(42-26-8-9-26)33(15-22)43-31-17-25(31)13-20(3)24-7-12-29(44-34(36)37)32(16-24)41-18-21(4)23-5-10-27-28(14-23)39-35(40)38-27/h5-7,10-12,14-16,19-21,25-26,31,34H,8-9,13,17-18H2,1-4H3,(H2,38,39,40). The highest BCUT2D eigenvalue weighted by Gasteiger charge is 2.41. The van der Waals surface area contributed by atoms with E-state index in [1.807, 2.05) is 43.3 Å². The van der Waals surface area contributed by atoms with E-state index < -0.39 is 6.61 Å². The molecule has 2 N–H and O–H groups in total. The van der Waals surface area contributed by atoms with Gasteiger partial charge in [0.1, 0.15) is 6.10 Å². The van der Waals surface area contributed by atoms with Crippen LogP contribution in [0, 0.1) is 5.92 Å². The van der Waals surface area contributed by atoms with E-state index in [0.29, 0.717) is 23.5 Å². The van der Waals surface area contributed by atoms with Crippen LogP contribution in [0.1, 0.15) is 87.8 Å². The zero-order chi connectivity index (χ0) is 31.0. The second-order valence-corrected chi connectivity index (χ2v) is 12.6. The molecular weight excluding hydrogens is 566 g/mol. The molecular formula is C35H40F2N2O5. The second kappa shape index (κ2) is 12.5.